The lowest BCUT2D eigenvalue weighted by molar-refractivity contribution is -0.127. The van der Waals surface area contributed by atoms with Crippen molar-refractivity contribution in [3.8, 4) is 0 Å². The predicted molar refractivity (Wildman–Crippen MR) is 102 cm³/mol. The van der Waals surface area contributed by atoms with Gasteiger partial charge in [0.15, 0.2) is 12.2 Å². The molecule has 1 heterocycles. The lowest BCUT2D eigenvalue weighted by Crippen LogP contribution is -2.36. The number of para-hydroxylation sites is 2. The van der Waals surface area contributed by atoms with Gasteiger partial charge in [-0.15, -0.1) is 0 Å². The van der Waals surface area contributed by atoms with Gasteiger partial charge in [0.25, 0.3) is 11.1 Å². The van der Waals surface area contributed by atoms with E-state index in [1.807, 2.05) is 24.3 Å². The second-order valence-electron chi connectivity index (χ2n) is 5.71. The van der Waals surface area contributed by atoms with Gasteiger partial charge in [-0.25, -0.2) is 9.78 Å². The van der Waals surface area contributed by atoms with Crippen LogP contribution in [0.5, 0.6) is 0 Å². The van der Waals surface area contributed by atoms with Crippen molar-refractivity contribution in [3.05, 3.63) is 59.7 Å². The largest absolute Gasteiger partial charge is 0.452 e. The van der Waals surface area contributed by atoms with Gasteiger partial charge in [-0.2, -0.15) is 0 Å². The van der Waals surface area contributed by atoms with Crippen LogP contribution in [-0.4, -0.2) is 35.9 Å². The van der Waals surface area contributed by atoms with Crippen molar-refractivity contribution in [1.29, 1.82) is 0 Å². The Labute approximate surface area is 164 Å². The van der Waals surface area contributed by atoms with Gasteiger partial charge in [-0.1, -0.05) is 42.1 Å². The number of benzene rings is 2. The molecule has 9 heteroatoms. The number of esters is 1. The zero-order chi connectivity index (χ0) is 19.9. The molecular formula is C19H17N3O5S. The number of ether oxygens (including phenoxy) is 1. The zero-order valence-corrected chi connectivity index (χ0v) is 15.5. The van der Waals surface area contributed by atoms with Gasteiger partial charge in [0, 0.05) is 5.75 Å². The number of aromatic nitrogens is 1. The fraction of sp³-hybridized carbons (Fsp3) is 0.158. The Hall–Kier alpha value is -3.33. The third kappa shape index (κ3) is 5.10. The number of primary amides is 1. The molecule has 0 radical (unpaired) electrons. The highest BCUT2D eigenvalue weighted by atomic mass is 32.2. The van der Waals surface area contributed by atoms with Crippen LogP contribution in [0.4, 0.5) is 0 Å². The van der Waals surface area contributed by atoms with E-state index in [-0.39, 0.29) is 6.54 Å². The molecule has 0 aliphatic rings. The van der Waals surface area contributed by atoms with Gasteiger partial charge in [0.2, 0.25) is 5.91 Å². The van der Waals surface area contributed by atoms with Crippen LogP contribution >= 0.6 is 11.8 Å². The molecular weight excluding hydrogens is 382 g/mol. The van der Waals surface area contributed by atoms with E-state index in [0.29, 0.717) is 22.1 Å². The molecule has 0 aliphatic heterocycles. The highest BCUT2D eigenvalue weighted by molar-refractivity contribution is 7.98. The predicted octanol–water partition coefficient (Wildman–Crippen LogP) is 1.88. The first kappa shape index (κ1) is 19.4. The number of hydrogen-bond donors (Lipinski definition) is 2. The molecule has 8 nitrogen and oxygen atoms in total. The van der Waals surface area contributed by atoms with Crippen molar-refractivity contribution >= 4 is 40.6 Å². The number of nitrogens with zero attached hydrogens (tertiary/aromatic N) is 1. The smallest absolute Gasteiger partial charge is 0.338 e. The number of hydrogen-bond acceptors (Lipinski definition) is 7. The molecule has 0 fully saturated rings. The first-order chi connectivity index (χ1) is 13.5. The summed E-state index contributed by atoms with van der Waals surface area (Å²) < 4.78 is 10.7. The van der Waals surface area contributed by atoms with E-state index < -0.39 is 24.4 Å². The minimum atomic E-state index is -0.679. The number of amides is 2. The third-order valence-corrected chi connectivity index (χ3v) is 4.53. The number of carbonyl (C=O) groups excluding carboxylic acids is 3. The number of rotatable bonds is 8. The molecule has 3 rings (SSSR count). The van der Waals surface area contributed by atoms with E-state index in [9.17, 15) is 14.4 Å². The summed E-state index contributed by atoms with van der Waals surface area (Å²) in [5.41, 5.74) is 7.46. The molecule has 0 aliphatic carbocycles. The molecule has 3 aromatic rings. The van der Waals surface area contributed by atoms with Crippen LogP contribution in [0.1, 0.15) is 15.9 Å². The summed E-state index contributed by atoms with van der Waals surface area (Å²) in [6, 6.07) is 14.4. The van der Waals surface area contributed by atoms with Gasteiger partial charge in [-0.3, -0.25) is 9.59 Å². The molecule has 0 unspecified atom stereocenters. The van der Waals surface area contributed by atoms with Crippen LogP contribution in [0, 0.1) is 0 Å². The van der Waals surface area contributed by atoms with Gasteiger partial charge in [0.05, 0.1) is 12.1 Å². The van der Waals surface area contributed by atoms with Gasteiger partial charge in [-0.05, 0) is 23.8 Å². The summed E-state index contributed by atoms with van der Waals surface area (Å²) in [5.74, 6) is -1.49. The highest BCUT2D eigenvalue weighted by Crippen LogP contribution is 2.27. The van der Waals surface area contributed by atoms with Crippen LogP contribution in [0.15, 0.2) is 58.2 Å². The molecule has 144 valence electrons. The molecule has 28 heavy (non-hydrogen) atoms. The van der Waals surface area contributed by atoms with Gasteiger partial charge in [0.1, 0.15) is 5.52 Å². The van der Waals surface area contributed by atoms with Crippen LogP contribution in [0.2, 0.25) is 0 Å². The molecule has 0 saturated heterocycles. The maximum Gasteiger partial charge on any atom is 0.338 e. The molecule has 3 N–H and O–H groups in total. The van der Waals surface area contributed by atoms with E-state index in [0.717, 1.165) is 11.1 Å². The van der Waals surface area contributed by atoms with Crippen LogP contribution in [0.25, 0.3) is 11.1 Å². The summed E-state index contributed by atoms with van der Waals surface area (Å²) in [5, 5.41) is 2.74. The Morgan fingerprint density at radius 3 is 2.64 bits per heavy atom. The number of fused-ring (bicyclic) bond motifs is 1. The second-order valence-corrected chi connectivity index (χ2v) is 6.64. The minimum absolute atomic E-state index is 0.311. The molecule has 0 saturated carbocycles. The number of nitrogens with two attached hydrogens (primary N) is 1. The fourth-order valence-electron chi connectivity index (χ4n) is 2.34. The van der Waals surface area contributed by atoms with Crippen molar-refractivity contribution in [3.63, 3.8) is 0 Å². The SMILES string of the molecule is NC(=O)CNC(=O)COC(=O)c1ccccc1CSc1nc2ccccc2o1. The zero-order valence-electron chi connectivity index (χ0n) is 14.7. The van der Waals surface area contributed by atoms with Crippen molar-refractivity contribution in [1.82, 2.24) is 10.3 Å². The van der Waals surface area contributed by atoms with E-state index in [1.54, 1.807) is 24.3 Å². The Bertz CT molecular complexity index is 984. The summed E-state index contributed by atoms with van der Waals surface area (Å²) >= 11 is 1.35. The summed E-state index contributed by atoms with van der Waals surface area (Å²) in [6.07, 6.45) is 0. The Kier molecular flexibility index (Phi) is 6.28. The number of thioether (sulfide) groups is 1. The summed E-state index contributed by atoms with van der Waals surface area (Å²) in [6.45, 7) is -0.813. The van der Waals surface area contributed by atoms with Crippen LogP contribution in [0.3, 0.4) is 0 Å². The lowest BCUT2D eigenvalue weighted by atomic mass is 10.1. The molecule has 2 amide bonds. The van der Waals surface area contributed by atoms with Crippen LogP contribution in [-0.2, 0) is 20.1 Å². The first-order valence-corrected chi connectivity index (χ1v) is 9.30. The Morgan fingerprint density at radius 2 is 1.86 bits per heavy atom. The second kappa shape index (κ2) is 9.05. The maximum absolute atomic E-state index is 12.3. The first-order valence-electron chi connectivity index (χ1n) is 8.31. The number of oxazole rings is 1. The van der Waals surface area contributed by atoms with E-state index in [4.69, 9.17) is 14.9 Å². The fourth-order valence-corrected chi connectivity index (χ4v) is 3.19. The molecule has 2 aromatic carbocycles. The number of nitrogens with one attached hydrogen (secondary N) is 1. The number of carbonyl (C=O) groups is 3. The third-order valence-electron chi connectivity index (χ3n) is 3.66. The lowest BCUT2D eigenvalue weighted by Gasteiger charge is -2.09. The maximum atomic E-state index is 12.3. The quantitative estimate of drug-likeness (QED) is 0.438. The minimum Gasteiger partial charge on any atom is -0.452 e. The van der Waals surface area contributed by atoms with Gasteiger partial charge < -0.3 is 20.2 Å². The molecule has 1 aromatic heterocycles. The Balaban J connectivity index is 1.61. The van der Waals surface area contributed by atoms with E-state index in [1.165, 1.54) is 11.8 Å². The summed E-state index contributed by atoms with van der Waals surface area (Å²) in [4.78, 5) is 38.9. The highest BCUT2D eigenvalue weighted by Gasteiger charge is 2.15. The van der Waals surface area contributed by atoms with Gasteiger partial charge >= 0.3 is 5.97 Å². The van der Waals surface area contributed by atoms with Crippen molar-refractivity contribution < 1.29 is 23.5 Å². The van der Waals surface area contributed by atoms with E-state index >= 15 is 0 Å². The van der Waals surface area contributed by atoms with Crippen molar-refractivity contribution in [2.24, 2.45) is 5.73 Å². The van der Waals surface area contributed by atoms with Crippen LogP contribution < -0.4 is 11.1 Å². The van der Waals surface area contributed by atoms with Crippen molar-refractivity contribution in [2.45, 2.75) is 11.0 Å². The molecule has 0 atom stereocenters. The average Bonchev–Trinajstić information content (AvgIpc) is 3.12. The Morgan fingerprint density at radius 1 is 1.11 bits per heavy atom. The molecule has 0 bridgehead atoms. The summed E-state index contributed by atoms with van der Waals surface area (Å²) in [7, 11) is 0. The normalized spacial score (nSPS) is 10.6. The standard InChI is InChI=1S/C19H17N3O5S/c20-16(23)9-21-17(24)10-26-18(25)13-6-2-1-5-12(13)11-28-19-22-14-7-3-4-8-15(14)27-19/h1-8H,9-11H2,(H2,20,23)(H,21,24). The topological polar surface area (TPSA) is 125 Å². The van der Waals surface area contributed by atoms with E-state index in [2.05, 4.69) is 10.3 Å². The average molecular weight is 399 g/mol. The monoisotopic (exact) mass is 399 g/mol. The van der Waals surface area contributed by atoms with Crippen molar-refractivity contribution in [2.75, 3.05) is 13.2 Å². The molecule has 0 spiro atoms.